The fraction of sp³-hybridized carbons (Fsp3) is 0.238. The van der Waals surface area contributed by atoms with E-state index in [1.54, 1.807) is 4.90 Å². The van der Waals surface area contributed by atoms with Crippen molar-refractivity contribution in [3.05, 3.63) is 65.7 Å². The molecule has 0 bridgehead atoms. The number of likely N-dealkylation sites (N-methyl/N-ethyl adjacent to an activating group) is 1. The molecule has 1 amide bonds. The SMILES string of the molecule is CCN(CCO)C(=O)c1cc(-c2ccc(C)cc2)nc2ccccc12. The molecule has 0 atom stereocenters. The maximum atomic E-state index is 13.0. The summed E-state index contributed by atoms with van der Waals surface area (Å²) in [4.78, 5) is 19.4. The lowest BCUT2D eigenvalue weighted by Gasteiger charge is -2.21. The third-order valence-corrected chi connectivity index (χ3v) is 4.33. The quantitative estimate of drug-likeness (QED) is 0.774. The summed E-state index contributed by atoms with van der Waals surface area (Å²) in [7, 11) is 0. The van der Waals surface area contributed by atoms with Crippen LogP contribution in [0.5, 0.6) is 0 Å². The van der Waals surface area contributed by atoms with E-state index in [0.717, 1.165) is 22.2 Å². The first-order valence-corrected chi connectivity index (χ1v) is 8.51. The predicted molar refractivity (Wildman–Crippen MR) is 101 cm³/mol. The molecule has 2 aromatic carbocycles. The Hall–Kier alpha value is -2.72. The molecule has 0 saturated heterocycles. The third kappa shape index (κ3) is 3.54. The Labute approximate surface area is 147 Å². The number of aromatic nitrogens is 1. The van der Waals surface area contributed by atoms with E-state index < -0.39 is 0 Å². The lowest BCUT2D eigenvalue weighted by Crippen LogP contribution is -2.33. The molecule has 0 aliphatic carbocycles. The van der Waals surface area contributed by atoms with Crippen LogP contribution in [0.2, 0.25) is 0 Å². The van der Waals surface area contributed by atoms with Gasteiger partial charge in [-0.3, -0.25) is 4.79 Å². The minimum absolute atomic E-state index is 0.0482. The Bertz CT molecular complexity index is 888. The number of pyridine rings is 1. The molecule has 0 aliphatic heterocycles. The largest absolute Gasteiger partial charge is 0.395 e. The van der Waals surface area contributed by atoms with E-state index in [0.29, 0.717) is 18.7 Å². The van der Waals surface area contributed by atoms with E-state index in [9.17, 15) is 9.90 Å². The molecule has 0 radical (unpaired) electrons. The van der Waals surface area contributed by atoms with Gasteiger partial charge >= 0.3 is 0 Å². The zero-order chi connectivity index (χ0) is 17.8. The molecule has 1 heterocycles. The van der Waals surface area contributed by atoms with E-state index in [1.807, 2.05) is 68.4 Å². The maximum Gasteiger partial charge on any atom is 0.254 e. The highest BCUT2D eigenvalue weighted by atomic mass is 16.3. The van der Waals surface area contributed by atoms with Crippen LogP contribution in [0.4, 0.5) is 0 Å². The second-order valence-corrected chi connectivity index (χ2v) is 6.05. The van der Waals surface area contributed by atoms with Gasteiger partial charge in [0.2, 0.25) is 0 Å². The molecule has 0 spiro atoms. The number of hydrogen-bond acceptors (Lipinski definition) is 3. The molecular formula is C21H22N2O2. The first-order chi connectivity index (χ1) is 12.1. The van der Waals surface area contributed by atoms with Gasteiger partial charge in [-0.05, 0) is 26.0 Å². The molecule has 0 aliphatic rings. The Kier molecular flexibility index (Phi) is 5.10. The number of aryl methyl sites for hydroxylation is 1. The minimum Gasteiger partial charge on any atom is -0.395 e. The van der Waals surface area contributed by atoms with E-state index in [4.69, 9.17) is 4.98 Å². The molecule has 1 N–H and O–H groups in total. The van der Waals surface area contributed by atoms with Gasteiger partial charge in [0.1, 0.15) is 0 Å². The molecule has 0 fully saturated rings. The van der Waals surface area contributed by atoms with Crippen molar-refractivity contribution in [3.8, 4) is 11.3 Å². The lowest BCUT2D eigenvalue weighted by molar-refractivity contribution is 0.0734. The first-order valence-electron chi connectivity index (χ1n) is 8.51. The topological polar surface area (TPSA) is 53.4 Å². The van der Waals surface area contributed by atoms with Crippen LogP contribution in [0.25, 0.3) is 22.2 Å². The van der Waals surface area contributed by atoms with Gasteiger partial charge in [-0.15, -0.1) is 0 Å². The van der Waals surface area contributed by atoms with Gasteiger partial charge in [0, 0.05) is 24.0 Å². The van der Waals surface area contributed by atoms with Crippen LogP contribution in [0, 0.1) is 6.92 Å². The molecule has 3 aromatic rings. The van der Waals surface area contributed by atoms with Crippen LogP contribution in [0.1, 0.15) is 22.8 Å². The maximum absolute atomic E-state index is 13.0. The Morgan fingerprint density at radius 1 is 1.12 bits per heavy atom. The van der Waals surface area contributed by atoms with E-state index in [1.165, 1.54) is 5.56 Å². The van der Waals surface area contributed by atoms with Crippen molar-refractivity contribution in [2.75, 3.05) is 19.7 Å². The van der Waals surface area contributed by atoms with Crippen LogP contribution in [-0.4, -0.2) is 40.6 Å². The molecule has 3 rings (SSSR count). The molecule has 4 heteroatoms. The van der Waals surface area contributed by atoms with Crippen molar-refractivity contribution in [2.45, 2.75) is 13.8 Å². The minimum atomic E-state index is -0.0801. The van der Waals surface area contributed by atoms with Gasteiger partial charge in [0.05, 0.1) is 23.4 Å². The molecule has 25 heavy (non-hydrogen) atoms. The van der Waals surface area contributed by atoms with Gasteiger partial charge < -0.3 is 10.0 Å². The van der Waals surface area contributed by atoms with Crippen LogP contribution in [-0.2, 0) is 0 Å². The molecule has 128 valence electrons. The van der Waals surface area contributed by atoms with Gasteiger partial charge in [0.25, 0.3) is 5.91 Å². The van der Waals surface area contributed by atoms with Crippen LogP contribution in [0.3, 0.4) is 0 Å². The number of benzene rings is 2. The van der Waals surface area contributed by atoms with Gasteiger partial charge in [-0.2, -0.15) is 0 Å². The second-order valence-electron chi connectivity index (χ2n) is 6.05. The number of para-hydroxylation sites is 1. The van der Waals surface area contributed by atoms with Crippen molar-refractivity contribution < 1.29 is 9.90 Å². The monoisotopic (exact) mass is 334 g/mol. The van der Waals surface area contributed by atoms with E-state index in [2.05, 4.69) is 0 Å². The second kappa shape index (κ2) is 7.45. The van der Waals surface area contributed by atoms with Gasteiger partial charge in [-0.1, -0.05) is 48.0 Å². The van der Waals surface area contributed by atoms with Crippen molar-refractivity contribution in [2.24, 2.45) is 0 Å². The zero-order valence-electron chi connectivity index (χ0n) is 14.6. The highest BCUT2D eigenvalue weighted by Gasteiger charge is 2.18. The zero-order valence-corrected chi connectivity index (χ0v) is 14.6. The van der Waals surface area contributed by atoms with Gasteiger partial charge in [-0.25, -0.2) is 4.98 Å². The average Bonchev–Trinajstić information content (AvgIpc) is 2.65. The fourth-order valence-corrected chi connectivity index (χ4v) is 2.92. The number of aliphatic hydroxyl groups excluding tert-OH is 1. The Morgan fingerprint density at radius 2 is 1.84 bits per heavy atom. The summed E-state index contributed by atoms with van der Waals surface area (Å²) in [5.74, 6) is -0.0801. The van der Waals surface area contributed by atoms with Crippen molar-refractivity contribution >= 4 is 16.8 Å². The molecule has 4 nitrogen and oxygen atoms in total. The lowest BCUT2D eigenvalue weighted by atomic mass is 10.0. The predicted octanol–water partition coefficient (Wildman–Crippen LogP) is 3.66. The summed E-state index contributed by atoms with van der Waals surface area (Å²) in [6.45, 7) is 4.79. The summed E-state index contributed by atoms with van der Waals surface area (Å²) in [6.07, 6.45) is 0. The normalized spacial score (nSPS) is 10.8. The molecular weight excluding hydrogens is 312 g/mol. The number of nitrogens with zero attached hydrogens (tertiary/aromatic N) is 2. The average molecular weight is 334 g/mol. The smallest absolute Gasteiger partial charge is 0.254 e. The van der Waals surface area contributed by atoms with E-state index >= 15 is 0 Å². The van der Waals surface area contributed by atoms with Crippen molar-refractivity contribution in [3.63, 3.8) is 0 Å². The Balaban J connectivity index is 2.16. The third-order valence-electron chi connectivity index (χ3n) is 4.33. The highest BCUT2D eigenvalue weighted by molar-refractivity contribution is 6.07. The molecule has 0 saturated carbocycles. The number of carbonyl (C=O) groups excluding carboxylic acids is 1. The highest BCUT2D eigenvalue weighted by Crippen LogP contribution is 2.26. The fourth-order valence-electron chi connectivity index (χ4n) is 2.92. The number of rotatable bonds is 5. The summed E-state index contributed by atoms with van der Waals surface area (Å²) in [6, 6.07) is 17.7. The molecule has 1 aromatic heterocycles. The van der Waals surface area contributed by atoms with Crippen molar-refractivity contribution in [1.29, 1.82) is 0 Å². The molecule has 0 unspecified atom stereocenters. The summed E-state index contributed by atoms with van der Waals surface area (Å²) < 4.78 is 0. The number of hydrogen-bond donors (Lipinski definition) is 1. The van der Waals surface area contributed by atoms with Gasteiger partial charge in [0.15, 0.2) is 0 Å². The number of aliphatic hydroxyl groups is 1. The summed E-state index contributed by atoms with van der Waals surface area (Å²) in [5, 5.41) is 10.1. The van der Waals surface area contributed by atoms with E-state index in [-0.39, 0.29) is 12.5 Å². The van der Waals surface area contributed by atoms with Crippen LogP contribution < -0.4 is 0 Å². The van der Waals surface area contributed by atoms with Crippen LogP contribution in [0.15, 0.2) is 54.6 Å². The Morgan fingerprint density at radius 3 is 2.52 bits per heavy atom. The number of amides is 1. The number of fused-ring (bicyclic) bond motifs is 1. The van der Waals surface area contributed by atoms with Crippen molar-refractivity contribution in [1.82, 2.24) is 9.88 Å². The first kappa shape index (κ1) is 17.1. The number of carbonyl (C=O) groups is 1. The van der Waals surface area contributed by atoms with Crippen LogP contribution >= 0.6 is 0 Å². The standard InChI is InChI=1S/C21H22N2O2/c1-3-23(12-13-24)21(25)18-14-20(16-10-8-15(2)9-11-16)22-19-7-5-4-6-17(18)19/h4-11,14,24H,3,12-13H2,1-2H3. The summed E-state index contributed by atoms with van der Waals surface area (Å²) >= 11 is 0. The summed E-state index contributed by atoms with van der Waals surface area (Å²) in [5.41, 5.74) is 4.36.